The summed E-state index contributed by atoms with van der Waals surface area (Å²) in [5.41, 5.74) is 7.03. The van der Waals surface area contributed by atoms with Crippen LogP contribution in [0, 0.1) is 18.8 Å². The lowest BCUT2D eigenvalue weighted by Gasteiger charge is -2.33. The molecule has 3 N–H and O–H groups in total. The maximum absolute atomic E-state index is 12.6. The van der Waals surface area contributed by atoms with Crippen LogP contribution in [0.15, 0.2) is 17.0 Å². The van der Waals surface area contributed by atoms with Crippen molar-refractivity contribution in [2.24, 2.45) is 11.8 Å². The molecule has 1 aliphatic rings. The number of rotatable bonds is 3. The van der Waals surface area contributed by atoms with E-state index in [9.17, 15) is 8.42 Å². The topological polar surface area (TPSA) is 72.2 Å². The molecule has 118 valence electrons. The highest BCUT2D eigenvalue weighted by Gasteiger charge is 2.30. The number of hydrogen-bond acceptors (Lipinski definition) is 3. The van der Waals surface area contributed by atoms with E-state index < -0.39 is 10.0 Å². The molecule has 3 unspecified atom stereocenters. The zero-order valence-electron chi connectivity index (χ0n) is 12.7. The molecular formula is C15H23ClN2O2S. The van der Waals surface area contributed by atoms with Crippen LogP contribution in [0.1, 0.15) is 38.7 Å². The molecule has 0 bridgehead atoms. The average Bonchev–Trinajstić information content (AvgIpc) is 2.37. The number of hydrogen-bond donors (Lipinski definition) is 2. The van der Waals surface area contributed by atoms with Crippen LogP contribution in [-0.4, -0.2) is 14.5 Å². The van der Waals surface area contributed by atoms with E-state index in [1.165, 1.54) is 6.07 Å². The molecule has 0 heterocycles. The van der Waals surface area contributed by atoms with E-state index in [1.54, 1.807) is 13.0 Å². The summed E-state index contributed by atoms with van der Waals surface area (Å²) >= 11 is 6.09. The van der Waals surface area contributed by atoms with Crippen LogP contribution >= 0.6 is 11.6 Å². The maximum Gasteiger partial charge on any atom is 0.242 e. The lowest BCUT2D eigenvalue weighted by molar-refractivity contribution is 0.249. The van der Waals surface area contributed by atoms with Gasteiger partial charge in [0.25, 0.3) is 0 Å². The maximum atomic E-state index is 12.6. The van der Waals surface area contributed by atoms with Crippen LogP contribution in [0.25, 0.3) is 0 Å². The lowest BCUT2D eigenvalue weighted by Crippen LogP contribution is -2.42. The summed E-state index contributed by atoms with van der Waals surface area (Å²) in [6.45, 7) is 6.10. The van der Waals surface area contributed by atoms with E-state index >= 15 is 0 Å². The molecule has 0 aromatic heterocycles. The van der Waals surface area contributed by atoms with Crippen LogP contribution in [0.3, 0.4) is 0 Å². The first kappa shape index (κ1) is 16.6. The molecular weight excluding hydrogens is 308 g/mol. The fourth-order valence-electron chi connectivity index (χ4n) is 2.98. The van der Waals surface area contributed by atoms with Gasteiger partial charge in [-0.15, -0.1) is 0 Å². The molecule has 1 aliphatic carbocycles. The molecule has 1 saturated carbocycles. The van der Waals surface area contributed by atoms with E-state index in [-0.39, 0.29) is 16.0 Å². The van der Waals surface area contributed by atoms with Crippen molar-refractivity contribution >= 4 is 27.3 Å². The molecule has 0 amide bonds. The van der Waals surface area contributed by atoms with E-state index in [1.807, 2.05) is 0 Å². The Balaban J connectivity index is 2.25. The molecule has 6 heteroatoms. The van der Waals surface area contributed by atoms with Gasteiger partial charge in [-0.3, -0.25) is 0 Å². The van der Waals surface area contributed by atoms with Gasteiger partial charge in [-0.05, 0) is 55.7 Å². The van der Waals surface area contributed by atoms with Gasteiger partial charge in [0.1, 0.15) is 4.90 Å². The number of benzene rings is 1. The third-order valence-corrected chi connectivity index (χ3v) is 6.30. The first-order valence-electron chi connectivity index (χ1n) is 7.28. The summed E-state index contributed by atoms with van der Waals surface area (Å²) in [4.78, 5) is 0.0677. The number of anilines is 1. The van der Waals surface area contributed by atoms with Gasteiger partial charge in [0.2, 0.25) is 10.0 Å². The second-order valence-electron chi connectivity index (χ2n) is 6.26. The Bertz CT molecular complexity index is 631. The van der Waals surface area contributed by atoms with Gasteiger partial charge in [-0.1, -0.05) is 25.4 Å². The second-order valence-corrected chi connectivity index (χ2v) is 8.35. The number of nitrogens with two attached hydrogens (primary N) is 1. The SMILES string of the molecule is Cc1cc(Cl)c(S(=O)(=O)NC2CCC(C)CC2C)cc1N. The Labute approximate surface area is 132 Å². The van der Waals surface area contributed by atoms with Crippen molar-refractivity contribution in [3.05, 3.63) is 22.7 Å². The highest BCUT2D eigenvalue weighted by molar-refractivity contribution is 7.89. The molecule has 0 aliphatic heterocycles. The van der Waals surface area contributed by atoms with Crippen molar-refractivity contribution in [1.82, 2.24) is 4.72 Å². The number of sulfonamides is 1. The van der Waals surface area contributed by atoms with Gasteiger partial charge < -0.3 is 5.73 Å². The van der Waals surface area contributed by atoms with Crippen molar-refractivity contribution < 1.29 is 8.42 Å². The first-order valence-corrected chi connectivity index (χ1v) is 9.14. The largest absolute Gasteiger partial charge is 0.398 e. The fraction of sp³-hybridized carbons (Fsp3) is 0.600. The number of aryl methyl sites for hydroxylation is 1. The summed E-state index contributed by atoms with van der Waals surface area (Å²) in [5.74, 6) is 0.976. The van der Waals surface area contributed by atoms with Gasteiger partial charge in [0.05, 0.1) is 5.02 Å². The Kier molecular flexibility index (Phi) is 4.85. The monoisotopic (exact) mass is 330 g/mol. The lowest BCUT2D eigenvalue weighted by atomic mass is 9.80. The zero-order chi connectivity index (χ0) is 15.8. The Hall–Kier alpha value is -0.780. The van der Waals surface area contributed by atoms with Gasteiger partial charge >= 0.3 is 0 Å². The van der Waals surface area contributed by atoms with Gasteiger partial charge in [-0.2, -0.15) is 0 Å². The summed E-state index contributed by atoms with van der Waals surface area (Å²) in [5, 5.41) is 0.214. The number of halogens is 1. The van der Waals surface area contributed by atoms with Crippen LogP contribution in [-0.2, 0) is 10.0 Å². The minimum absolute atomic E-state index is 0.0372. The van der Waals surface area contributed by atoms with Crippen molar-refractivity contribution in [3.8, 4) is 0 Å². The van der Waals surface area contributed by atoms with Crippen molar-refractivity contribution in [2.45, 2.75) is 51.0 Å². The molecule has 3 atom stereocenters. The quantitative estimate of drug-likeness (QED) is 0.835. The molecule has 0 radical (unpaired) electrons. The minimum atomic E-state index is -3.64. The van der Waals surface area contributed by atoms with Crippen LogP contribution in [0.2, 0.25) is 5.02 Å². The third-order valence-electron chi connectivity index (χ3n) is 4.35. The van der Waals surface area contributed by atoms with Gasteiger partial charge in [0.15, 0.2) is 0 Å². The minimum Gasteiger partial charge on any atom is -0.398 e. The second kappa shape index (κ2) is 6.15. The Morgan fingerprint density at radius 1 is 1.29 bits per heavy atom. The zero-order valence-corrected chi connectivity index (χ0v) is 14.3. The number of nitrogen functional groups attached to an aromatic ring is 1. The van der Waals surface area contributed by atoms with Gasteiger partial charge in [0, 0.05) is 11.7 Å². The Morgan fingerprint density at radius 3 is 2.57 bits per heavy atom. The highest BCUT2D eigenvalue weighted by atomic mass is 35.5. The van der Waals surface area contributed by atoms with Gasteiger partial charge in [-0.25, -0.2) is 13.1 Å². The van der Waals surface area contributed by atoms with Crippen LogP contribution in [0.4, 0.5) is 5.69 Å². The van der Waals surface area contributed by atoms with E-state index in [4.69, 9.17) is 17.3 Å². The molecule has 21 heavy (non-hydrogen) atoms. The number of nitrogens with one attached hydrogen (secondary N) is 1. The molecule has 1 fully saturated rings. The Morgan fingerprint density at radius 2 is 1.95 bits per heavy atom. The smallest absolute Gasteiger partial charge is 0.242 e. The molecule has 4 nitrogen and oxygen atoms in total. The van der Waals surface area contributed by atoms with Crippen molar-refractivity contribution in [2.75, 3.05) is 5.73 Å². The molecule has 1 aromatic rings. The van der Waals surface area contributed by atoms with Crippen molar-refractivity contribution in [1.29, 1.82) is 0 Å². The van der Waals surface area contributed by atoms with Crippen LogP contribution in [0.5, 0.6) is 0 Å². The molecule has 0 spiro atoms. The summed E-state index contributed by atoms with van der Waals surface area (Å²) in [6.07, 6.45) is 2.94. The van der Waals surface area contributed by atoms with E-state index in [0.717, 1.165) is 24.8 Å². The molecule has 2 rings (SSSR count). The molecule has 1 aromatic carbocycles. The van der Waals surface area contributed by atoms with Crippen molar-refractivity contribution in [3.63, 3.8) is 0 Å². The van der Waals surface area contributed by atoms with E-state index in [2.05, 4.69) is 18.6 Å². The standard InChI is InChI=1S/C15H23ClN2O2S/c1-9-4-5-14(11(3)6-9)18-21(19,20)15-8-13(17)10(2)7-12(15)16/h7-9,11,14,18H,4-6,17H2,1-3H3. The predicted molar refractivity (Wildman–Crippen MR) is 86.9 cm³/mol. The average molecular weight is 331 g/mol. The molecule has 0 saturated heterocycles. The van der Waals surface area contributed by atoms with E-state index in [0.29, 0.717) is 17.5 Å². The summed E-state index contributed by atoms with van der Waals surface area (Å²) in [6, 6.07) is 3.00. The fourth-order valence-corrected chi connectivity index (χ4v) is 4.97. The summed E-state index contributed by atoms with van der Waals surface area (Å²) < 4.78 is 27.9. The van der Waals surface area contributed by atoms with Crippen LogP contribution < -0.4 is 10.5 Å². The highest BCUT2D eigenvalue weighted by Crippen LogP contribution is 2.31. The summed E-state index contributed by atoms with van der Waals surface area (Å²) in [7, 11) is -3.64. The normalized spacial score (nSPS) is 26.8. The predicted octanol–water partition coefficient (Wildman–Crippen LogP) is 3.33. The first-order chi connectivity index (χ1) is 9.70. The third kappa shape index (κ3) is 3.71.